The molecule has 0 radical (unpaired) electrons. The van der Waals surface area contributed by atoms with E-state index in [2.05, 4.69) is 9.98 Å². The summed E-state index contributed by atoms with van der Waals surface area (Å²) >= 11 is 1.56. The van der Waals surface area contributed by atoms with Gasteiger partial charge in [-0.1, -0.05) is 0 Å². The molecule has 1 unspecified atom stereocenters. The summed E-state index contributed by atoms with van der Waals surface area (Å²) in [7, 11) is 0. The highest BCUT2D eigenvalue weighted by Crippen LogP contribution is 2.13. The first-order valence-electron chi connectivity index (χ1n) is 3.47. The molecule has 58 valence electrons. The molecule has 1 atom stereocenters. The van der Waals surface area contributed by atoms with Crippen molar-refractivity contribution in [2.45, 2.75) is 13.0 Å². The van der Waals surface area contributed by atoms with Crippen LogP contribution in [0.3, 0.4) is 0 Å². The van der Waals surface area contributed by atoms with Gasteiger partial charge >= 0.3 is 0 Å². The van der Waals surface area contributed by atoms with Gasteiger partial charge in [0.1, 0.15) is 6.61 Å². The second kappa shape index (κ2) is 2.62. The topological polar surface area (TPSA) is 34.5 Å². The fourth-order valence-electron chi connectivity index (χ4n) is 0.920. The summed E-state index contributed by atoms with van der Waals surface area (Å²) in [6.07, 6.45) is 1.76. The van der Waals surface area contributed by atoms with E-state index in [4.69, 9.17) is 4.74 Å². The lowest BCUT2D eigenvalue weighted by Gasteiger charge is -1.93. The number of nitrogens with zero attached hydrogens (tertiary/aromatic N) is 2. The Hall–Kier alpha value is -0.900. The van der Waals surface area contributed by atoms with E-state index in [1.807, 2.05) is 12.3 Å². The summed E-state index contributed by atoms with van der Waals surface area (Å²) < 4.78 is 5.31. The first-order chi connectivity index (χ1) is 5.36. The van der Waals surface area contributed by atoms with Crippen molar-refractivity contribution in [3.05, 3.63) is 16.6 Å². The van der Waals surface area contributed by atoms with Gasteiger partial charge in [-0.05, 0) is 6.92 Å². The zero-order valence-electron chi connectivity index (χ0n) is 6.15. The zero-order valence-corrected chi connectivity index (χ0v) is 6.97. The monoisotopic (exact) mass is 168 g/mol. The van der Waals surface area contributed by atoms with E-state index < -0.39 is 0 Å². The van der Waals surface area contributed by atoms with E-state index in [0.717, 1.165) is 5.01 Å². The van der Waals surface area contributed by atoms with E-state index in [-0.39, 0.29) is 6.04 Å². The normalized spacial score (nSPS) is 23.0. The van der Waals surface area contributed by atoms with Crippen molar-refractivity contribution in [1.29, 1.82) is 0 Å². The van der Waals surface area contributed by atoms with Crippen LogP contribution in [0.15, 0.2) is 16.6 Å². The molecular formula is C7H8N2OS. The Morgan fingerprint density at radius 2 is 2.64 bits per heavy atom. The molecule has 0 aliphatic carbocycles. The van der Waals surface area contributed by atoms with Crippen molar-refractivity contribution in [2.75, 3.05) is 6.61 Å². The van der Waals surface area contributed by atoms with E-state index in [9.17, 15) is 0 Å². The fourth-order valence-corrected chi connectivity index (χ4v) is 1.51. The minimum absolute atomic E-state index is 0.286. The van der Waals surface area contributed by atoms with Gasteiger partial charge in [0.2, 0.25) is 5.90 Å². The molecule has 0 amide bonds. The fraction of sp³-hybridized carbons (Fsp3) is 0.429. The smallest absolute Gasteiger partial charge is 0.246 e. The molecule has 0 saturated heterocycles. The Bertz CT molecular complexity index is 268. The second-order valence-electron chi connectivity index (χ2n) is 2.43. The standard InChI is InChI=1S/C7H8N2OS/c1-5-4-10-6(9-5)7-8-2-3-11-7/h2-3,5H,4H2,1H3. The summed E-state index contributed by atoms with van der Waals surface area (Å²) in [6.45, 7) is 2.72. The van der Waals surface area contributed by atoms with Crippen LogP contribution in [-0.2, 0) is 4.74 Å². The molecule has 0 saturated carbocycles. The lowest BCUT2D eigenvalue weighted by atomic mass is 10.4. The van der Waals surface area contributed by atoms with Gasteiger partial charge in [0.05, 0.1) is 6.04 Å². The molecule has 0 bridgehead atoms. The molecule has 4 heteroatoms. The Kier molecular flexibility index (Phi) is 1.62. The number of aromatic nitrogens is 1. The van der Waals surface area contributed by atoms with Crippen molar-refractivity contribution in [3.8, 4) is 0 Å². The van der Waals surface area contributed by atoms with Gasteiger partial charge in [0, 0.05) is 11.6 Å². The SMILES string of the molecule is CC1COC(c2nccs2)=N1. The molecular weight excluding hydrogens is 160 g/mol. The lowest BCUT2D eigenvalue weighted by Crippen LogP contribution is -2.00. The molecule has 11 heavy (non-hydrogen) atoms. The predicted octanol–water partition coefficient (Wildman–Crippen LogP) is 1.31. The number of thiazole rings is 1. The molecule has 1 aromatic rings. The van der Waals surface area contributed by atoms with Crippen LogP contribution < -0.4 is 0 Å². The molecule has 0 N–H and O–H groups in total. The average Bonchev–Trinajstić information content (AvgIpc) is 2.55. The maximum absolute atomic E-state index is 5.31. The van der Waals surface area contributed by atoms with Crippen LogP contribution in [0.1, 0.15) is 11.9 Å². The molecule has 2 heterocycles. The molecule has 1 aromatic heterocycles. The number of rotatable bonds is 1. The van der Waals surface area contributed by atoms with Crippen molar-refractivity contribution in [3.63, 3.8) is 0 Å². The van der Waals surface area contributed by atoms with Crippen LogP contribution in [0.5, 0.6) is 0 Å². The Balaban J connectivity index is 2.25. The first-order valence-corrected chi connectivity index (χ1v) is 4.34. The van der Waals surface area contributed by atoms with Gasteiger partial charge in [-0.25, -0.2) is 9.98 Å². The number of hydrogen-bond donors (Lipinski definition) is 0. The van der Waals surface area contributed by atoms with Crippen LogP contribution in [0, 0.1) is 0 Å². The van der Waals surface area contributed by atoms with E-state index in [1.54, 1.807) is 17.5 Å². The molecule has 0 spiro atoms. The van der Waals surface area contributed by atoms with Crippen LogP contribution >= 0.6 is 11.3 Å². The number of ether oxygens (including phenoxy) is 1. The second-order valence-corrected chi connectivity index (χ2v) is 3.33. The lowest BCUT2D eigenvalue weighted by molar-refractivity contribution is 0.324. The molecule has 0 aromatic carbocycles. The van der Waals surface area contributed by atoms with Gasteiger partial charge < -0.3 is 4.74 Å². The quantitative estimate of drug-likeness (QED) is 0.633. The Morgan fingerprint density at radius 1 is 1.73 bits per heavy atom. The van der Waals surface area contributed by atoms with E-state index >= 15 is 0 Å². The van der Waals surface area contributed by atoms with Crippen molar-refractivity contribution in [1.82, 2.24) is 4.98 Å². The summed E-state index contributed by atoms with van der Waals surface area (Å²) in [5.41, 5.74) is 0. The summed E-state index contributed by atoms with van der Waals surface area (Å²) in [6, 6.07) is 0.286. The van der Waals surface area contributed by atoms with Crippen molar-refractivity contribution in [2.24, 2.45) is 4.99 Å². The predicted molar refractivity (Wildman–Crippen MR) is 44.1 cm³/mol. The third-order valence-corrected chi connectivity index (χ3v) is 2.18. The minimum atomic E-state index is 0.286. The maximum Gasteiger partial charge on any atom is 0.246 e. The molecule has 1 aliphatic heterocycles. The van der Waals surface area contributed by atoms with E-state index in [1.165, 1.54) is 0 Å². The maximum atomic E-state index is 5.31. The van der Waals surface area contributed by atoms with Crippen LogP contribution in [0.25, 0.3) is 0 Å². The Morgan fingerprint density at radius 3 is 3.18 bits per heavy atom. The highest BCUT2D eigenvalue weighted by molar-refractivity contribution is 7.11. The highest BCUT2D eigenvalue weighted by Gasteiger charge is 2.17. The van der Waals surface area contributed by atoms with Gasteiger partial charge in [0.15, 0.2) is 5.01 Å². The molecule has 0 fully saturated rings. The molecule has 3 nitrogen and oxygen atoms in total. The summed E-state index contributed by atoms with van der Waals surface area (Å²) in [4.78, 5) is 8.37. The third-order valence-electron chi connectivity index (χ3n) is 1.41. The molecule has 1 aliphatic rings. The van der Waals surface area contributed by atoms with Crippen molar-refractivity contribution < 1.29 is 4.74 Å². The third kappa shape index (κ3) is 1.26. The number of aliphatic imine (C=N–C) groups is 1. The van der Waals surface area contributed by atoms with Gasteiger partial charge in [-0.3, -0.25) is 0 Å². The minimum Gasteiger partial charge on any atom is -0.474 e. The van der Waals surface area contributed by atoms with Crippen LogP contribution in [0.4, 0.5) is 0 Å². The average molecular weight is 168 g/mol. The van der Waals surface area contributed by atoms with Gasteiger partial charge in [-0.15, -0.1) is 11.3 Å². The first kappa shape index (κ1) is 6.79. The van der Waals surface area contributed by atoms with Crippen molar-refractivity contribution >= 4 is 17.2 Å². The highest BCUT2D eigenvalue weighted by atomic mass is 32.1. The summed E-state index contributed by atoms with van der Waals surface area (Å²) in [5.74, 6) is 0.701. The largest absolute Gasteiger partial charge is 0.474 e. The Labute approximate surface area is 68.8 Å². The van der Waals surface area contributed by atoms with Crippen LogP contribution in [0.2, 0.25) is 0 Å². The zero-order chi connectivity index (χ0) is 7.68. The molecule has 2 rings (SSSR count). The van der Waals surface area contributed by atoms with Gasteiger partial charge in [0.25, 0.3) is 0 Å². The van der Waals surface area contributed by atoms with E-state index in [0.29, 0.717) is 12.5 Å². The van der Waals surface area contributed by atoms with Crippen LogP contribution in [-0.4, -0.2) is 23.5 Å². The number of hydrogen-bond acceptors (Lipinski definition) is 4. The van der Waals surface area contributed by atoms with Gasteiger partial charge in [-0.2, -0.15) is 0 Å². The summed E-state index contributed by atoms with van der Waals surface area (Å²) in [5, 5.41) is 2.80.